The molecule has 1 heteroatoms. The van der Waals surface area contributed by atoms with Gasteiger partial charge in [0.25, 0.3) is 0 Å². The van der Waals surface area contributed by atoms with Crippen LogP contribution in [0.15, 0.2) is 12.7 Å². The molecule has 0 aromatic rings. The third-order valence-corrected chi connectivity index (χ3v) is 2.15. The molecule has 0 N–H and O–H groups in total. The molecular formula is C12H24O. The number of allylic oxidation sites excluding steroid dienone is 1. The Labute approximate surface area is 83.2 Å². The molecule has 0 aromatic heterocycles. The molecule has 0 radical (unpaired) electrons. The van der Waals surface area contributed by atoms with Crippen LogP contribution in [0, 0.1) is 5.92 Å². The Hall–Kier alpha value is -0.300. The van der Waals surface area contributed by atoms with E-state index in [2.05, 4.69) is 20.4 Å². The molecule has 0 saturated heterocycles. The molecule has 1 nitrogen and oxygen atoms in total. The van der Waals surface area contributed by atoms with Crippen molar-refractivity contribution in [3.05, 3.63) is 12.7 Å². The molecule has 0 saturated carbocycles. The molecule has 13 heavy (non-hydrogen) atoms. The molecule has 0 spiro atoms. The summed E-state index contributed by atoms with van der Waals surface area (Å²) >= 11 is 0. The maximum absolute atomic E-state index is 5.54. The van der Waals surface area contributed by atoms with Gasteiger partial charge >= 0.3 is 0 Å². The molecule has 0 heterocycles. The highest BCUT2D eigenvalue weighted by molar-refractivity contribution is 4.66. The Bertz CT molecular complexity index is 110. The van der Waals surface area contributed by atoms with Gasteiger partial charge in [0.2, 0.25) is 0 Å². The van der Waals surface area contributed by atoms with Gasteiger partial charge in [0.1, 0.15) is 0 Å². The van der Waals surface area contributed by atoms with Crippen LogP contribution in [0.3, 0.4) is 0 Å². The fraction of sp³-hybridized carbons (Fsp3) is 0.833. The highest BCUT2D eigenvalue weighted by Crippen LogP contribution is 2.08. The summed E-state index contributed by atoms with van der Waals surface area (Å²) in [7, 11) is 0. The third-order valence-electron chi connectivity index (χ3n) is 2.15. The third kappa shape index (κ3) is 9.62. The highest BCUT2D eigenvalue weighted by atomic mass is 16.5. The van der Waals surface area contributed by atoms with Crippen molar-refractivity contribution in [1.82, 2.24) is 0 Å². The van der Waals surface area contributed by atoms with Crippen LogP contribution >= 0.6 is 0 Å². The van der Waals surface area contributed by atoms with Crippen molar-refractivity contribution in [2.24, 2.45) is 5.92 Å². The summed E-state index contributed by atoms with van der Waals surface area (Å²) in [5.41, 5.74) is 0. The normalized spacial score (nSPS) is 12.8. The summed E-state index contributed by atoms with van der Waals surface area (Å²) in [6, 6.07) is 0. The second-order valence-corrected chi connectivity index (χ2v) is 3.75. The lowest BCUT2D eigenvalue weighted by atomic mass is 10.1. The summed E-state index contributed by atoms with van der Waals surface area (Å²) in [6.07, 6.45) is 8.06. The minimum Gasteiger partial charge on any atom is -0.381 e. The smallest absolute Gasteiger partial charge is 0.0491 e. The zero-order valence-corrected chi connectivity index (χ0v) is 9.22. The Morgan fingerprint density at radius 3 is 2.77 bits per heavy atom. The minimum absolute atomic E-state index is 0.705. The number of hydrogen-bond donors (Lipinski definition) is 0. The second kappa shape index (κ2) is 9.79. The Balaban J connectivity index is 3.09. The van der Waals surface area contributed by atoms with Gasteiger partial charge in [-0.3, -0.25) is 0 Å². The average Bonchev–Trinajstić information content (AvgIpc) is 2.13. The molecule has 0 bridgehead atoms. The number of hydrogen-bond acceptors (Lipinski definition) is 1. The standard InChI is InChI=1S/C12H24O/c1-4-6-8-9-12(3)11-13-10-7-5-2/h4,12H,1,5-11H2,2-3H3. The molecule has 0 aliphatic rings. The van der Waals surface area contributed by atoms with Gasteiger partial charge in [-0.05, 0) is 31.6 Å². The van der Waals surface area contributed by atoms with Crippen LogP contribution in [-0.4, -0.2) is 13.2 Å². The first-order valence-corrected chi connectivity index (χ1v) is 5.49. The Morgan fingerprint density at radius 2 is 2.15 bits per heavy atom. The first kappa shape index (κ1) is 12.7. The molecule has 0 fully saturated rings. The zero-order valence-electron chi connectivity index (χ0n) is 9.22. The minimum atomic E-state index is 0.705. The largest absolute Gasteiger partial charge is 0.381 e. The van der Waals surface area contributed by atoms with Crippen LogP contribution < -0.4 is 0 Å². The van der Waals surface area contributed by atoms with E-state index in [0.29, 0.717) is 5.92 Å². The van der Waals surface area contributed by atoms with Gasteiger partial charge in [0.15, 0.2) is 0 Å². The van der Waals surface area contributed by atoms with Gasteiger partial charge in [0.05, 0.1) is 0 Å². The van der Waals surface area contributed by atoms with Crippen LogP contribution in [0.2, 0.25) is 0 Å². The average molecular weight is 184 g/mol. The lowest BCUT2D eigenvalue weighted by Gasteiger charge is -2.10. The number of unbranched alkanes of at least 4 members (excludes halogenated alkanes) is 2. The lowest BCUT2D eigenvalue weighted by Crippen LogP contribution is -2.06. The molecule has 0 aliphatic heterocycles. The number of ether oxygens (including phenoxy) is 1. The van der Waals surface area contributed by atoms with Crippen molar-refractivity contribution >= 4 is 0 Å². The van der Waals surface area contributed by atoms with E-state index in [4.69, 9.17) is 4.74 Å². The van der Waals surface area contributed by atoms with Crippen molar-refractivity contribution < 1.29 is 4.74 Å². The highest BCUT2D eigenvalue weighted by Gasteiger charge is 2.00. The van der Waals surface area contributed by atoms with Crippen molar-refractivity contribution in [3.8, 4) is 0 Å². The summed E-state index contributed by atoms with van der Waals surface area (Å²) in [6.45, 7) is 10.0. The van der Waals surface area contributed by atoms with Crippen LogP contribution in [0.25, 0.3) is 0 Å². The summed E-state index contributed by atoms with van der Waals surface area (Å²) in [5, 5.41) is 0. The fourth-order valence-corrected chi connectivity index (χ4v) is 1.22. The summed E-state index contributed by atoms with van der Waals surface area (Å²) in [4.78, 5) is 0. The van der Waals surface area contributed by atoms with Crippen molar-refractivity contribution in [1.29, 1.82) is 0 Å². The van der Waals surface area contributed by atoms with Crippen molar-refractivity contribution in [2.75, 3.05) is 13.2 Å². The zero-order chi connectivity index (χ0) is 9.94. The van der Waals surface area contributed by atoms with Crippen LogP contribution in [-0.2, 0) is 4.74 Å². The van der Waals surface area contributed by atoms with E-state index in [1.165, 1.54) is 25.7 Å². The molecule has 78 valence electrons. The van der Waals surface area contributed by atoms with E-state index in [-0.39, 0.29) is 0 Å². The van der Waals surface area contributed by atoms with Crippen LogP contribution in [0.1, 0.15) is 46.0 Å². The molecule has 0 aromatic carbocycles. The predicted octanol–water partition coefficient (Wildman–Crippen LogP) is 3.80. The Kier molecular flexibility index (Phi) is 9.56. The van der Waals surface area contributed by atoms with Gasteiger partial charge in [-0.25, -0.2) is 0 Å². The van der Waals surface area contributed by atoms with E-state index >= 15 is 0 Å². The van der Waals surface area contributed by atoms with Crippen molar-refractivity contribution in [2.45, 2.75) is 46.0 Å². The first-order chi connectivity index (χ1) is 6.31. The van der Waals surface area contributed by atoms with E-state index in [1.54, 1.807) is 0 Å². The topological polar surface area (TPSA) is 9.23 Å². The van der Waals surface area contributed by atoms with Gasteiger partial charge in [0, 0.05) is 13.2 Å². The molecule has 0 aliphatic carbocycles. The van der Waals surface area contributed by atoms with Crippen LogP contribution in [0.4, 0.5) is 0 Å². The molecule has 1 unspecified atom stereocenters. The SMILES string of the molecule is C=CCCCC(C)COCCCC. The summed E-state index contributed by atoms with van der Waals surface area (Å²) < 4.78 is 5.54. The van der Waals surface area contributed by atoms with E-state index in [0.717, 1.165) is 19.6 Å². The second-order valence-electron chi connectivity index (χ2n) is 3.75. The molecule has 0 amide bonds. The maximum atomic E-state index is 5.54. The van der Waals surface area contributed by atoms with Gasteiger partial charge in [-0.15, -0.1) is 6.58 Å². The number of rotatable bonds is 9. The quantitative estimate of drug-likeness (QED) is 0.391. The lowest BCUT2D eigenvalue weighted by molar-refractivity contribution is 0.0991. The van der Waals surface area contributed by atoms with Gasteiger partial charge in [-0.2, -0.15) is 0 Å². The molecule has 0 rings (SSSR count). The fourth-order valence-electron chi connectivity index (χ4n) is 1.22. The maximum Gasteiger partial charge on any atom is 0.0491 e. The van der Waals surface area contributed by atoms with Gasteiger partial charge < -0.3 is 4.74 Å². The monoisotopic (exact) mass is 184 g/mol. The van der Waals surface area contributed by atoms with E-state index < -0.39 is 0 Å². The van der Waals surface area contributed by atoms with Gasteiger partial charge in [-0.1, -0.05) is 26.3 Å². The molecule has 1 atom stereocenters. The first-order valence-electron chi connectivity index (χ1n) is 5.49. The van der Waals surface area contributed by atoms with E-state index in [9.17, 15) is 0 Å². The Morgan fingerprint density at radius 1 is 1.38 bits per heavy atom. The van der Waals surface area contributed by atoms with Crippen LogP contribution in [0.5, 0.6) is 0 Å². The van der Waals surface area contributed by atoms with E-state index in [1.807, 2.05) is 6.08 Å². The molecular weight excluding hydrogens is 160 g/mol. The predicted molar refractivity (Wildman–Crippen MR) is 58.9 cm³/mol. The summed E-state index contributed by atoms with van der Waals surface area (Å²) in [5.74, 6) is 0.705. The van der Waals surface area contributed by atoms with Crippen molar-refractivity contribution in [3.63, 3.8) is 0 Å².